The van der Waals surface area contributed by atoms with Crippen LogP contribution in [0.5, 0.6) is 0 Å². The third-order valence-electron chi connectivity index (χ3n) is 5.45. The SMILES string of the molecule is CCOC(=O)c1[nH]nc2c1CCc1c(C)nc(Nc3ccccc3NC(=O)CC(C)C)nc1-2. The second kappa shape index (κ2) is 9.40. The van der Waals surface area contributed by atoms with Gasteiger partial charge in [-0.3, -0.25) is 9.89 Å². The first-order valence-corrected chi connectivity index (χ1v) is 11.2. The third kappa shape index (κ3) is 4.72. The first-order chi connectivity index (χ1) is 15.9. The summed E-state index contributed by atoms with van der Waals surface area (Å²) >= 11 is 0. The van der Waals surface area contributed by atoms with Crippen molar-refractivity contribution in [3.63, 3.8) is 0 Å². The summed E-state index contributed by atoms with van der Waals surface area (Å²) < 4.78 is 5.15. The molecule has 3 N–H and O–H groups in total. The minimum Gasteiger partial charge on any atom is -0.461 e. The van der Waals surface area contributed by atoms with E-state index in [1.54, 1.807) is 6.92 Å². The average Bonchev–Trinajstić information content (AvgIpc) is 3.19. The van der Waals surface area contributed by atoms with E-state index in [4.69, 9.17) is 9.72 Å². The van der Waals surface area contributed by atoms with Crippen LogP contribution in [0.3, 0.4) is 0 Å². The van der Waals surface area contributed by atoms with Gasteiger partial charge in [0.1, 0.15) is 11.4 Å². The van der Waals surface area contributed by atoms with Gasteiger partial charge >= 0.3 is 5.97 Å². The zero-order valence-corrected chi connectivity index (χ0v) is 19.3. The van der Waals surface area contributed by atoms with Gasteiger partial charge in [-0.1, -0.05) is 26.0 Å². The molecular formula is C24H28N6O3. The molecule has 0 bridgehead atoms. The molecule has 0 radical (unpaired) electrons. The minimum absolute atomic E-state index is 0.0468. The summed E-state index contributed by atoms with van der Waals surface area (Å²) in [5.74, 6) is 0.198. The van der Waals surface area contributed by atoms with Crippen LogP contribution in [0, 0.1) is 12.8 Å². The maximum atomic E-state index is 12.3. The van der Waals surface area contributed by atoms with Crippen molar-refractivity contribution in [2.45, 2.75) is 47.0 Å². The molecule has 0 spiro atoms. The van der Waals surface area contributed by atoms with Gasteiger partial charge in [-0.2, -0.15) is 5.10 Å². The highest BCUT2D eigenvalue weighted by atomic mass is 16.5. The van der Waals surface area contributed by atoms with E-state index >= 15 is 0 Å². The highest BCUT2D eigenvalue weighted by Crippen LogP contribution is 2.35. The highest BCUT2D eigenvalue weighted by Gasteiger charge is 2.29. The molecule has 0 unspecified atom stereocenters. The number of hydrogen-bond donors (Lipinski definition) is 3. The van der Waals surface area contributed by atoms with E-state index < -0.39 is 5.97 Å². The van der Waals surface area contributed by atoms with Crippen molar-refractivity contribution in [1.29, 1.82) is 0 Å². The summed E-state index contributed by atoms with van der Waals surface area (Å²) in [6.45, 7) is 8.01. The number of H-pyrrole nitrogens is 1. The number of anilines is 3. The summed E-state index contributed by atoms with van der Waals surface area (Å²) in [5, 5.41) is 13.4. The number of aromatic amines is 1. The zero-order chi connectivity index (χ0) is 23.5. The van der Waals surface area contributed by atoms with E-state index in [1.807, 2.05) is 45.0 Å². The molecule has 172 valence electrons. The Morgan fingerprint density at radius 3 is 2.55 bits per heavy atom. The monoisotopic (exact) mass is 448 g/mol. The number of nitrogens with zero attached hydrogens (tertiary/aromatic N) is 3. The molecule has 0 aliphatic heterocycles. The molecule has 2 heterocycles. The predicted molar refractivity (Wildman–Crippen MR) is 126 cm³/mol. The highest BCUT2D eigenvalue weighted by molar-refractivity contribution is 5.95. The van der Waals surface area contributed by atoms with E-state index in [-0.39, 0.29) is 11.8 Å². The van der Waals surface area contributed by atoms with Crippen molar-refractivity contribution < 1.29 is 14.3 Å². The van der Waals surface area contributed by atoms with Gasteiger partial charge in [0.25, 0.3) is 0 Å². The molecule has 4 rings (SSSR count). The molecule has 0 saturated heterocycles. The third-order valence-corrected chi connectivity index (χ3v) is 5.45. The molecule has 3 aromatic rings. The summed E-state index contributed by atoms with van der Waals surface area (Å²) in [6, 6.07) is 7.44. The number of ether oxygens (including phenoxy) is 1. The minimum atomic E-state index is -0.412. The fourth-order valence-corrected chi connectivity index (χ4v) is 3.97. The van der Waals surface area contributed by atoms with Gasteiger partial charge in [-0.05, 0) is 44.7 Å². The quantitative estimate of drug-likeness (QED) is 0.464. The van der Waals surface area contributed by atoms with Crippen LogP contribution in [0.4, 0.5) is 17.3 Å². The van der Waals surface area contributed by atoms with E-state index in [0.717, 1.165) is 16.8 Å². The van der Waals surface area contributed by atoms with Crippen LogP contribution >= 0.6 is 0 Å². The second-order valence-electron chi connectivity index (χ2n) is 8.42. The number of rotatable bonds is 7. The fraction of sp³-hybridized carbons (Fsp3) is 0.375. The second-order valence-corrected chi connectivity index (χ2v) is 8.42. The normalized spacial score (nSPS) is 12.2. The first-order valence-electron chi connectivity index (χ1n) is 11.2. The standard InChI is InChI=1S/C24H28N6O3/c1-5-33-23(32)22-16-11-10-15-14(4)25-24(28-20(15)21(16)29-30-22)27-18-9-7-6-8-17(18)26-19(31)12-13(2)3/h6-9,13H,5,10-12H2,1-4H3,(H,26,31)(H,29,30)(H,25,27,28). The van der Waals surface area contributed by atoms with Gasteiger partial charge in [0.15, 0.2) is 0 Å². The lowest BCUT2D eigenvalue weighted by atomic mass is 9.91. The van der Waals surface area contributed by atoms with Gasteiger partial charge in [0.2, 0.25) is 11.9 Å². The molecule has 1 amide bonds. The average molecular weight is 449 g/mol. The Bertz CT molecular complexity index is 1200. The molecule has 9 heteroatoms. The van der Waals surface area contributed by atoms with Crippen LogP contribution in [0.1, 0.15) is 54.5 Å². The molecule has 0 saturated carbocycles. The smallest absolute Gasteiger partial charge is 0.356 e. The molecule has 0 atom stereocenters. The van der Waals surface area contributed by atoms with Crippen molar-refractivity contribution in [3.8, 4) is 11.4 Å². The Morgan fingerprint density at radius 2 is 1.82 bits per heavy atom. The molecule has 0 fully saturated rings. The maximum absolute atomic E-state index is 12.3. The van der Waals surface area contributed by atoms with E-state index in [1.165, 1.54) is 0 Å². The van der Waals surface area contributed by atoms with Crippen molar-refractivity contribution in [3.05, 3.63) is 46.8 Å². The number of benzene rings is 1. The zero-order valence-electron chi connectivity index (χ0n) is 19.3. The van der Waals surface area contributed by atoms with Crippen LogP contribution in [0.25, 0.3) is 11.4 Å². The summed E-state index contributed by atoms with van der Waals surface area (Å²) in [7, 11) is 0. The van der Waals surface area contributed by atoms with Crippen molar-refractivity contribution in [1.82, 2.24) is 20.2 Å². The van der Waals surface area contributed by atoms with Crippen LogP contribution in [-0.4, -0.2) is 38.6 Å². The molecule has 1 aliphatic rings. The number of carbonyl (C=O) groups is 2. The Morgan fingerprint density at radius 1 is 1.09 bits per heavy atom. The van der Waals surface area contributed by atoms with Crippen molar-refractivity contribution >= 4 is 29.2 Å². The maximum Gasteiger partial charge on any atom is 0.356 e. The van der Waals surface area contributed by atoms with Gasteiger partial charge in [0.05, 0.1) is 23.7 Å². The fourth-order valence-electron chi connectivity index (χ4n) is 3.97. The first kappa shape index (κ1) is 22.4. The van der Waals surface area contributed by atoms with Crippen molar-refractivity contribution in [2.24, 2.45) is 5.92 Å². The lowest BCUT2D eigenvalue weighted by Crippen LogP contribution is -2.16. The summed E-state index contributed by atoms with van der Waals surface area (Å²) in [5.41, 5.74) is 5.73. The number of para-hydroxylation sites is 2. The Balaban J connectivity index is 1.65. The molecule has 1 aliphatic carbocycles. The predicted octanol–water partition coefficient (Wildman–Crippen LogP) is 4.18. The van der Waals surface area contributed by atoms with E-state index in [0.29, 0.717) is 60.3 Å². The number of esters is 1. The van der Waals surface area contributed by atoms with E-state index in [9.17, 15) is 9.59 Å². The molecule has 1 aromatic carbocycles. The molecule has 33 heavy (non-hydrogen) atoms. The molecular weight excluding hydrogens is 420 g/mol. The lowest BCUT2D eigenvalue weighted by molar-refractivity contribution is -0.116. The van der Waals surface area contributed by atoms with Crippen LogP contribution in [0.2, 0.25) is 0 Å². The topological polar surface area (TPSA) is 122 Å². The van der Waals surface area contributed by atoms with E-state index in [2.05, 4.69) is 25.8 Å². The van der Waals surface area contributed by atoms with Gasteiger partial charge in [-0.15, -0.1) is 0 Å². The number of hydrogen-bond acceptors (Lipinski definition) is 7. The number of aromatic nitrogens is 4. The number of fused-ring (bicyclic) bond motifs is 3. The molecule has 2 aromatic heterocycles. The van der Waals surface area contributed by atoms with Crippen molar-refractivity contribution in [2.75, 3.05) is 17.2 Å². The number of amides is 1. The lowest BCUT2D eigenvalue weighted by Gasteiger charge is -2.19. The molecule has 9 nitrogen and oxygen atoms in total. The number of nitrogens with one attached hydrogen (secondary N) is 3. The summed E-state index contributed by atoms with van der Waals surface area (Å²) in [4.78, 5) is 33.9. The van der Waals surface area contributed by atoms with Gasteiger partial charge < -0.3 is 15.4 Å². The van der Waals surface area contributed by atoms with Crippen LogP contribution < -0.4 is 10.6 Å². The Labute approximate surface area is 192 Å². The Hall–Kier alpha value is -3.75. The van der Waals surface area contributed by atoms with Gasteiger partial charge in [-0.25, -0.2) is 14.8 Å². The van der Waals surface area contributed by atoms with Crippen LogP contribution in [-0.2, 0) is 22.4 Å². The largest absolute Gasteiger partial charge is 0.461 e. The van der Waals surface area contributed by atoms with Crippen LogP contribution in [0.15, 0.2) is 24.3 Å². The van der Waals surface area contributed by atoms with Gasteiger partial charge in [0, 0.05) is 23.2 Å². The number of carbonyl (C=O) groups excluding carboxylic acids is 2. The number of aryl methyl sites for hydroxylation is 1. The Kier molecular flexibility index (Phi) is 6.39. The summed E-state index contributed by atoms with van der Waals surface area (Å²) in [6.07, 6.45) is 1.81.